The van der Waals surface area contributed by atoms with Crippen molar-refractivity contribution in [1.82, 2.24) is 14.7 Å². The standard InChI is InChI=1S/C18H24FN5O2/c1-22-17(25)8-16(23-6-2-3-15(21)11-23)24(18(22)26)10-13-7-14(19)5-4-12(13)9-20/h4-5,7-8,15,17-18,25-26H,2-3,6,10-11,21H2,1H3. The lowest BCUT2D eigenvalue weighted by Crippen LogP contribution is -2.57. The van der Waals surface area contributed by atoms with Crippen molar-refractivity contribution >= 4 is 0 Å². The molecule has 2 aliphatic rings. The Hall–Kier alpha value is -2.18. The van der Waals surface area contributed by atoms with Gasteiger partial charge in [0.1, 0.15) is 17.9 Å². The van der Waals surface area contributed by atoms with Gasteiger partial charge in [0, 0.05) is 25.7 Å². The van der Waals surface area contributed by atoms with E-state index in [9.17, 15) is 19.9 Å². The van der Waals surface area contributed by atoms with Crippen molar-refractivity contribution in [2.75, 3.05) is 20.1 Å². The van der Waals surface area contributed by atoms with Crippen LogP contribution in [0.2, 0.25) is 0 Å². The molecule has 3 unspecified atom stereocenters. The quantitative estimate of drug-likeness (QED) is 0.712. The Balaban J connectivity index is 1.95. The SMILES string of the molecule is CN1C(O)C=C(N2CCCC(N)C2)N(Cc2cc(F)ccc2C#N)C1O. The highest BCUT2D eigenvalue weighted by atomic mass is 19.1. The average Bonchev–Trinajstić information content (AvgIpc) is 2.62. The van der Waals surface area contributed by atoms with Crippen LogP contribution in [-0.2, 0) is 6.54 Å². The molecule has 7 nitrogen and oxygen atoms in total. The van der Waals surface area contributed by atoms with Gasteiger partial charge in [0.2, 0.25) is 0 Å². The molecule has 0 radical (unpaired) electrons. The summed E-state index contributed by atoms with van der Waals surface area (Å²) in [4.78, 5) is 5.07. The number of hydrogen-bond acceptors (Lipinski definition) is 7. The molecule has 0 aliphatic carbocycles. The van der Waals surface area contributed by atoms with Crippen molar-refractivity contribution in [3.63, 3.8) is 0 Å². The van der Waals surface area contributed by atoms with Gasteiger partial charge in [0.25, 0.3) is 0 Å². The summed E-state index contributed by atoms with van der Waals surface area (Å²) >= 11 is 0. The van der Waals surface area contributed by atoms with E-state index < -0.39 is 18.4 Å². The summed E-state index contributed by atoms with van der Waals surface area (Å²) < 4.78 is 13.7. The molecule has 3 rings (SSSR count). The van der Waals surface area contributed by atoms with Gasteiger partial charge >= 0.3 is 0 Å². The first-order valence-electron chi connectivity index (χ1n) is 8.66. The van der Waals surface area contributed by atoms with Crippen molar-refractivity contribution in [3.8, 4) is 6.07 Å². The second kappa shape index (κ2) is 7.60. The Morgan fingerprint density at radius 3 is 2.85 bits per heavy atom. The van der Waals surface area contributed by atoms with E-state index in [2.05, 4.69) is 6.07 Å². The van der Waals surface area contributed by atoms with E-state index in [1.165, 1.54) is 23.1 Å². The van der Waals surface area contributed by atoms with Gasteiger partial charge in [-0.25, -0.2) is 9.29 Å². The molecular weight excluding hydrogens is 337 g/mol. The van der Waals surface area contributed by atoms with E-state index in [0.29, 0.717) is 23.5 Å². The Bertz CT molecular complexity index is 735. The number of likely N-dealkylation sites (tertiary alicyclic amines) is 1. The molecule has 0 spiro atoms. The first kappa shape index (κ1) is 18.6. The van der Waals surface area contributed by atoms with Crippen LogP contribution in [0.4, 0.5) is 4.39 Å². The second-order valence-corrected chi connectivity index (χ2v) is 6.84. The number of likely N-dealkylation sites (N-methyl/N-ethyl adjacent to an activating group) is 1. The smallest absolute Gasteiger partial charge is 0.190 e. The summed E-state index contributed by atoms with van der Waals surface area (Å²) in [6, 6.07) is 6.05. The highest BCUT2D eigenvalue weighted by Gasteiger charge is 2.35. The van der Waals surface area contributed by atoms with Gasteiger partial charge in [-0.05, 0) is 49.7 Å². The van der Waals surface area contributed by atoms with Crippen molar-refractivity contribution in [2.24, 2.45) is 5.73 Å². The summed E-state index contributed by atoms with van der Waals surface area (Å²) in [7, 11) is 1.59. The molecule has 2 aliphatic heterocycles. The Labute approximate surface area is 152 Å². The Kier molecular flexibility index (Phi) is 5.44. The number of hydrogen-bond donors (Lipinski definition) is 3. The topological polar surface area (TPSA) is 100.0 Å². The molecule has 1 fully saturated rings. The zero-order valence-corrected chi connectivity index (χ0v) is 14.7. The highest BCUT2D eigenvalue weighted by molar-refractivity contribution is 5.38. The summed E-state index contributed by atoms with van der Waals surface area (Å²) in [5.41, 5.74) is 6.90. The summed E-state index contributed by atoms with van der Waals surface area (Å²) in [6.45, 7) is 1.50. The summed E-state index contributed by atoms with van der Waals surface area (Å²) in [5.74, 6) is 0.204. The van der Waals surface area contributed by atoms with Crippen LogP contribution in [0.5, 0.6) is 0 Å². The van der Waals surface area contributed by atoms with Crippen molar-refractivity contribution in [2.45, 2.75) is 38.0 Å². The van der Waals surface area contributed by atoms with Gasteiger partial charge in [-0.15, -0.1) is 0 Å². The molecule has 26 heavy (non-hydrogen) atoms. The lowest BCUT2D eigenvalue weighted by atomic mass is 10.1. The molecule has 0 bridgehead atoms. The highest BCUT2D eigenvalue weighted by Crippen LogP contribution is 2.28. The first-order chi connectivity index (χ1) is 12.4. The maximum Gasteiger partial charge on any atom is 0.190 e. The second-order valence-electron chi connectivity index (χ2n) is 6.84. The number of nitrogens with two attached hydrogens (primary N) is 1. The largest absolute Gasteiger partial charge is 0.374 e. The maximum absolute atomic E-state index is 13.7. The van der Waals surface area contributed by atoms with Gasteiger partial charge in [-0.3, -0.25) is 0 Å². The third kappa shape index (κ3) is 3.66. The lowest BCUT2D eigenvalue weighted by molar-refractivity contribution is -0.161. The number of aliphatic hydroxyl groups excluding tert-OH is 2. The molecule has 4 N–H and O–H groups in total. The molecule has 1 aromatic carbocycles. The normalized spacial score (nSPS) is 27.2. The van der Waals surface area contributed by atoms with Crippen LogP contribution >= 0.6 is 0 Å². The molecule has 0 aromatic heterocycles. The molecule has 0 amide bonds. The zero-order valence-electron chi connectivity index (χ0n) is 14.7. The molecule has 1 saturated heterocycles. The van der Waals surface area contributed by atoms with E-state index in [1.54, 1.807) is 18.0 Å². The number of halogens is 1. The fourth-order valence-electron chi connectivity index (χ4n) is 3.47. The minimum Gasteiger partial charge on any atom is -0.374 e. The minimum absolute atomic E-state index is 0.0179. The van der Waals surface area contributed by atoms with Crippen LogP contribution in [0.1, 0.15) is 24.0 Å². The monoisotopic (exact) mass is 361 g/mol. The van der Waals surface area contributed by atoms with E-state index >= 15 is 0 Å². The number of piperidine rings is 1. The van der Waals surface area contributed by atoms with E-state index in [4.69, 9.17) is 5.73 Å². The molecular formula is C18H24FN5O2. The van der Waals surface area contributed by atoms with E-state index in [1.807, 2.05) is 4.90 Å². The van der Waals surface area contributed by atoms with Crippen LogP contribution in [0.25, 0.3) is 0 Å². The number of rotatable bonds is 3. The third-order valence-electron chi connectivity index (χ3n) is 4.96. The van der Waals surface area contributed by atoms with E-state index in [0.717, 1.165) is 19.4 Å². The zero-order chi connectivity index (χ0) is 18.8. The van der Waals surface area contributed by atoms with Crippen LogP contribution in [0, 0.1) is 17.1 Å². The van der Waals surface area contributed by atoms with Gasteiger partial charge in [0.05, 0.1) is 11.6 Å². The Morgan fingerprint density at radius 1 is 1.38 bits per heavy atom. The third-order valence-corrected chi connectivity index (χ3v) is 4.96. The number of aliphatic hydroxyl groups is 2. The molecule has 3 atom stereocenters. The predicted octanol–water partition coefficient (Wildman–Crippen LogP) is 0.304. The van der Waals surface area contributed by atoms with Crippen LogP contribution in [0.15, 0.2) is 30.1 Å². The first-order valence-corrected chi connectivity index (χ1v) is 8.66. The van der Waals surface area contributed by atoms with E-state index in [-0.39, 0.29) is 12.6 Å². The summed E-state index contributed by atoms with van der Waals surface area (Å²) in [6.07, 6.45) is 1.43. The molecule has 1 aromatic rings. The van der Waals surface area contributed by atoms with Gasteiger partial charge < -0.3 is 25.7 Å². The van der Waals surface area contributed by atoms with Crippen LogP contribution in [0.3, 0.4) is 0 Å². The molecule has 8 heteroatoms. The Morgan fingerprint density at radius 2 is 2.15 bits per heavy atom. The molecule has 2 heterocycles. The molecule has 140 valence electrons. The van der Waals surface area contributed by atoms with Gasteiger partial charge in [0.15, 0.2) is 6.35 Å². The maximum atomic E-state index is 13.7. The number of nitriles is 1. The predicted molar refractivity (Wildman–Crippen MR) is 93.3 cm³/mol. The molecule has 0 saturated carbocycles. The van der Waals surface area contributed by atoms with Gasteiger partial charge in [-0.1, -0.05) is 0 Å². The van der Waals surface area contributed by atoms with Crippen molar-refractivity contribution in [1.29, 1.82) is 5.26 Å². The summed E-state index contributed by atoms with van der Waals surface area (Å²) in [5, 5.41) is 30.2. The lowest BCUT2D eigenvalue weighted by Gasteiger charge is -2.47. The number of benzene rings is 1. The minimum atomic E-state index is -1.11. The fraction of sp³-hybridized carbons (Fsp3) is 0.500. The van der Waals surface area contributed by atoms with Gasteiger partial charge in [-0.2, -0.15) is 5.26 Å². The van der Waals surface area contributed by atoms with Crippen molar-refractivity contribution in [3.05, 3.63) is 47.0 Å². The van der Waals surface area contributed by atoms with Crippen LogP contribution < -0.4 is 5.73 Å². The van der Waals surface area contributed by atoms with Crippen molar-refractivity contribution < 1.29 is 14.6 Å². The average molecular weight is 361 g/mol. The van der Waals surface area contributed by atoms with Crippen LogP contribution in [-0.4, -0.2) is 63.7 Å². The fourth-order valence-corrected chi connectivity index (χ4v) is 3.47. The number of nitrogens with zero attached hydrogens (tertiary/aromatic N) is 4.